The molecular weight excluding hydrogens is 94.1 g/mol. The molecule has 0 atom stereocenters. The van der Waals surface area contributed by atoms with E-state index in [-0.39, 0.29) is 0 Å². The summed E-state index contributed by atoms with van der Waals surface area (Å²) in [6.07, 6.45) is 3.57. The fourth-order valence-corrected chi connectivity index (χ4v) is 0.230. The van der Waals surface area contributed by atoms with E-state index in [1.807, 2.05) is 0 Å². The van der Waals surface area contributed by atoms with E-state index in [4.69, 9.17) is 0 Å². The Kier molecular flexibility index (Phi) is 0.856. The lowest BCUT2D eigenvalue weighted by atomic mass is 10.7. The Bertz CT molecular complexity index is 140. The molecule has 0 aromatic carbocycles. The van der Waals surface area contributed by atoms with Gasteiger partial charge in [0.2, 0.25) is 0 Å². The van der Waals surface area contributed by atoms with Gasteiger partial charge in [0.15, 0.2) is 0 Å². The molecule has 0 bridgehead atoms. The molecule has 0 N–H and O–H groups in total. The van der Waals surface area contributed by atoms with Crippen LogP contribution in [0.3, 0.4) is 0 Å². The van der Waals surface area contributed by atoms with Crippen LogP contribution < -0.4 is 4.85 Å². The Morgan fingerprint density at radius 1 is 1.71 bits per heavy atom. The third-order valence-corrected chi connectivity index (χ3v) is 0.467. The van der Waals surface area contributed by atoms with Crippen LogP contribution in [0.1, 0.15) is 0 Å². The Morgan fingerprint density at radius 3 is 2.86 bits per heavy atom. The fourth-order valence-electron chi connectivity index (χ4n) is 0.230. The van der Waals surface area contributed by atoms with Gasteiger partial charge in [-0.3, -0.25) is 0 Å². The van der Waals surface area contributed by atoms with Crippen molar-refractivity contribution in [2.45, 2.75) is 0 Å². The van der Waals surface area contributed by atoms with E-state index in [0.29, 0.717) is 4.85 Å². The van der Waals surface area contributed by atoms with Crippen LogP contribution >= 0.6 is 0 Å². The zero-order valence-corrected chi connectivity index (χ0v) is 3.40. The summed E-state index contributed by atoms with van der Waals surface area (Å²) >= 11 is 0. The molecule has 0 aliphatic carbocycles. The van der Waals surface area contributed by atoms with Gasteiger partial charge in [0.05, 0.1) is 5.10 Å². The van der Waals surface area contributed by atoms with Crippen molar-refractivity contribution in [3.05, 3.63) is 23.7 Å². The maximum atomic E-state index is 9.99. The lowest BCUT2D eigenvalue weighted by Gasteiger charge is -1.87. The van der Waals surface area contributed by atoms with E-state index in [1.165, 1.54) is 12.3 Å². The van der Waals surface area contributed by atoms with Crippen molar-refractivity contribution in [1.29, 1.82) is 0 Å². The molecule has 0 saturated carbocycles. The Balaban J connectivity index is 3.02. The summed E-state index contributed by atoms with van der Waals surface area (Å²) in [6.45, 7) is 0. The van der Waals surface area contributed by atoms with Crippen molar-refractivity contribution >= 4 is 0 Å². The van der Waals surface area contributed by atoms with Crippen LogP contribution in [-0.2, 0) is 0 Å². The predicted molar refractivity (Wildman–Crippen MR) is 19.8 cm³/mol. The van der Waals surface area contributed by atoms with Gasteiger partial charge in [0, 0.05) is 6.07 Å². The Labute approximate surface area is 40.0 Å². The third kappa shape index (κ3) is 0.819. The molecule has 1 aromatic heterocycles. The molecule has 0 fully saturated rings. The highest BCUT2D eigenvalue weighted by Gasteiger charge is 1.79. The quantitative estimate of drug-likeness (QED) is 0.304. The molecular formula is C3H2N3O. The molecule has 1 rings (SSSR count). The van der Waals surface area contributed by atoms with Gasteiger partial charge in [-0.1, -0.05) is 0 Å². The average Bonchev–Trinajstić information content (AvgIpc) is 1.69. The molecule has 1 heterocycles. The van der Waals surface area contributed by atoms with Crippen LogP contribution in [0.25, 0.3) is 0 Å². The molecule has 1 radical (unpaired) electrons. The first-order valence-corrected chi connectivity index (χ1v) is 1.69. The predicted octanol–water partition coefficient (Wildman–Crippen LogP) is -1.09. The van der Waals surface area contributed by atoms with Gasteiger partial charge < -0.3 is 5.21 Å². The van der Waals surface area contributed by atoms with Crippen molar-refractivity contribution in [1.82, 2.24) is 10.3 Å². The smallest absolute Gasteiger partial charge is 0.260 e. The summed E-state index contributed by atoms with van der Waals surface area (Å²) in [5.41, 5.74) is 0. The van der Waals surface area contributed by atoms with E-state index in [0.717, 1.165) is 0 Å². The lowest BCUT2D eigenvalue weighted by Crippen LogP contribution is -2.30. The summed E-state index contributed by atoms with van der Waals surface area (Å²) in [6, 6.07) is 1.39. The number of nitrogens with zero attached hydrogens (tertiary/aromatic N) is 3. The Hall–Kier alpha value is -1.19. The van der Waals surface area contributed by atoms with Crippen LogP contribution in [0.15, 0.2) is 12.3 Å². The highest BCUT2D eigenvalue weighted by molar-refractivity contribution is 4.62. The first-order chi connectivity index (χ1) is 3.39. The molecule has 0 saturated heterocycles. The van der Waals surface area contributed by atoms with Crippen molar-refractivity contribution in [2.24, 2.45) is 0 Å². The van der Waals surface area contributed by atoms with E-state index in [9.17, 15) is 5.21 Å². The second-order valence-corrected chi connectivity index (χ2v) is 0.937. The van der Waals surface area contributed by atoms with Gasteiger partial charge in [0.25, 0.3) is 6.20 Å². The topological polar surface area (TPSA) is 52.7 Å². The van der Waals surface area contributed by atoms with Gasteiger partial charge >= 0.3 is 0 Å². The van der Waals surface area contributed by atoms with E-state index in [1.54, 1.807) is 0 Å². The highest BCUT2D eigenvalue weighted by Crippen LogP contribution is 1.58. The van der Waals surface area contributed by atoms with E-state index >= 15 is 0 Å². The summed E-state index contributed by atoms with van der Waals surface area (Å²) in [7, 11) is 0. The van der Waals surface area contributed by atoms with Gasteiger partial charge in [0.1, 0.15) is 11.4 Å². The second-order valence-electron chi connectivity index (χ2n) is 0.937. The van der Waals surface area contributed by atoms with E-state index in [2.05, 4.69) is 16.5 Å². The first kappa shape index (κ1) is 3.98. The molecule has 1 aromatic rings. The summed E-state index contributed by atoms with van der Waals surface area (Å²) in [4.78, 5) is 0.358. The fraction of sp³-hybridized carbons (Fsp3) is 0. The normalized spacial score (nSPS) is 8.57. The van der Waals surface area contributed by atoms with E-state index < -0.39 is 0 Å². The molecule has 0 aliphatic heterocycles. The van der Waals surface area contributed by atoms with Crippen molar-refractivity contribution < 1.29 is 4.85 Å². The van der Waals surface area contributed by atoms with Gasteiger partial charge in [-0.2, -0.15) is 0 Å². The SMILES string of the molecule is [O-][n+]1cc[c]nn1. The monoisotopic (exact) mass is 96.0 g/mol. The zero-order valence-electron chi connectivity index (χ0n) is 3.40. The minimum Gasteiger partial charge on any atom is -0.691 e. The molecule has 35 valence electrons. The summed E-state index contributed by atoms with van der Waals surface area (Å²) in [5.74, 6) is 0. The van der Waals surface area contributed by atoms with Gasteiger partial charge in [-0.25, -0.2) is 0 Å². The number of rotatable bonds is 0. The third-order valence-electron chi connectivity index (χ3n) is 0.467. The van der Waals surface area contributed by atoms with Crippen molar-refractivity contribution in [3.63, 3.8) is 0 Å². The number of aromatic nitrogens is 3. The van der Waals surface area contributed by atoms with Crippen LogP contribution in [0.4, 0.5) is 0 Å². The van der Waals surface area contributed by atoms with Crippen LogP contribution in [-0.4, -0.2) is 10.3 Å². The maximum Gasteiger partial charge on any atom is 0.260 e. The molecule has 0 amide bonds. The summed E-state index contributed by atoms with van der Waals surface area (Å²) in [5, 5.41) is 16.2. The molecule has 0 spiro atoms. The largest absolute Gasteiger partial charge is 0.691 e. The first-order valence-electron chi connectivity index (χ1n) is 1.69. The maximum absolute atomic E-state index is 9.99. The molecule has 0 unspecified atom stereocenters. The minimum atomic E-state index is 0.358. The molecule has 7 heavy (non-hydrogen) atoms. The van der Waals surface area contributed by atoms with Crippen molar-refractivity contribution in [3.8, 4) is 0 Å². The average molecular weight is 96.1 g/mol. The van der Waals surface area contributed by atoms with Crippen LogP contribution in [0, 0.1) is 11.4 Å². The van der Waals surface area contributed by atoms with Gasteiger partial charge in [-0.15, -0.1) is 4.85 Å². The summed E-state index contributed by atoms with van der Waals surface area (Å²) < 4.78 is 0. The second kappa shape index (κ2) is 1.51. The minimum absolute atomic E-state index is 0.358. The standard InChI is InChI=1S/C3H2N3O/c7-6-3-1-2-4-5-6/h1,3H. The van der Waals surface area contributed by atoms with Gasteiger partial charge in [-0.05, 0) is 0 Å². The number of hydrogen-bond acceptors (Lipinski definition) is 3. The molecule has 4 heteroatoms. The van der Waals surface area contributed by atoms with Crippen LogP contribution in [0.2, 0.25) is 0 Å². The number of hydrogen-bond donors (Lipinski definition) is 0. The molecule has 0 aliphatic rings. The van der Waals surface area contributed by atoms with Crippen LogP contribution in [0.5, 0.6) is 0 Å². The highest BCUT2D eigenvalue weighted by atomic mass is 16.5. The Morgan fingerprint density at radius 2 is 2.57 bits per heavy atom. The molecule has 4 nitrogen and oxygen atoms in total. The lowest BCUT2D eigenvalue weighted by molar-refractivity contribution is -0.675. The zero-order chi connectivity index (χ0) is 5.11. The van der Waals surface area contributed by atoms with Crippen molar-refractivity contribution in [2.75, 3.05) is 0 Å².